The van der Waals surface area contributed by atoms with Crippen molar-refractivity contribution >= 4 is 33.4 Å². The third-order valence-corrected chi connectivity index (χ3v) is 3.96. The number of rotatable bonds is 1. The van der Waals surface area contributed by atoms with E-state index in [0.717, 1.165) is 12.8 Å². The third kappa shape index (κ3) is 2.80. The molecule has 0 aliphatic carbocycles. The SMILES string of the molecule is O=C(c1cccc(F)c1Cl)N1CCCC(Br)C1. The molecule has 1 aliphatic rings. The first-order valence-corrected chi connectivity index (χ1v) is 6.76. The van der Waals surface area contributed by atoms with Gasteiger partial charge in [-0.2, -0.15) is 0 Å². The first kappa shape index (κ1) is 12.8. The molecule has 17 heavy (non-hydrogen) atoms. The molecule has 1 amide bonds. The van der Waals surface area contributed by atoms with Crippen molar-refractivity contribution in [3.63, 3.8) is 0 Å². The molecule has 0 spiro atoms. The molecule has 1 unspecified atom stereocenters. The van der Waals surface area contributed by atoms with Crippen LogP contribution >= 0.6 is 27.5 Å². The number of hydrogen-bond acceptors (Lipinski definition) is 1. The summed E-state index contributed by atoms with van der Waals surface area (Å²) in [6.45, 7) is 1.35. The second-order valence-corrected chi connectivity index (χ2v) is 5.76. The summed E-state index contributed by atoms with van der Waals surface area (Å²) in [5.41, 5.74) is 0.244. The molecule has 1 aliphatic heterocycles. The van der Waals surface area contributed by atoms with Crippen molar-refractivity contribution in [3.8, 4) is 0 Å². The van der Waals surface area contributed by atoms with Gasteiger partial charge in [-0.1, -0.05) is 33.6 Å². The van der Waals surface area contributed by atoms with Gasteiger partial charge in [0.2, 0.25) is 0 Å². The van der Waals surface area contributed by atoms with E-state index in [-0.39, 0.29) is 16.5 Å². The van der Waals surface area contributed by atoms with E-state index >= 15 is 0 Å². The van der Waals surface area contributed by atoms with E-state index in [1.54, 1.807) is 11.0 Å². The topological polar surface area (TPSA) is 20.3 Å². The van der Waals surface area contributed by atoms with Gasteiger partial charge in [-0.25, -0.2) is 4.39 Å². The quantitative estimate of drug-likeness (QED) is 0.726. The molecule has 0 bridgehead atoms. The van der Waals surface area contributed by atoms with Gasteiger partial charge >= 0.3 is 0 Å². The van der Waals surface area contributed by atoms with Crippen molar-refractivity contribution in [1.82, 2.24) is 4.90 Å². The number of piperidine rings is 1. The zero-order valence-corrected chi connectivity index (χ0v) is 11.5. The maximum absolute atomic E-state index is 13.3. The van der Waals surface area contributed by atoms with E-state index < -0.39 is 5.82 Å². The predicted molar refractivity (Wildman–Crippen MR) is 69.3 cm³/mol. The van der Waals surface area contributed by atoms with Gasteiger partial charge in [-0.15, -0.1) is 0 Å². The predicted octanol–water partition coefficient (Wildman–Crippen LogP) is 3.48. The Morgan fingerprint density at radius 3 is 3.00 bits per heavy atom. The largest absolute Gasteiger partial charge is 0.337 e. The normalized spacial score (nSPS) is 20.4. The highest BCUT2D eigenvalue weighted by Crippen LogP contribution is 2.24. The number of hydrogen-bond donors (Lipinski definition) is 0. The zero-order chi connectivity index (χ0) is 12.4. The number of amides is 1. The molecule has 2 nitrogen and oxygen atoms in total. The maximum Gasteiger partial charge on any atom is 0.255 e. The van der Waals surface area contributed by atoms with Gasteiger partial charge in [0.05, 0.1) is 10.6 Å². The van der Waals surface area contributed by atoms with Crippen LogP contribution in [-0.4, -0.2) is 28.7 Å². The average Bonchev–Trinajstić information content (AvgIpc) is 2.32. The molecule has 0 N–H and O–H groups in total. The molecule has 0 radical (unpaired) electrons. The number of carbonyl (C=O) groups is 1. The zero-order valence-electron chi connectivity index (χ0n) is 9.13. The summed E-state index contributed by atoms with van der Waals surface area (Å²) < 4.78 is 13.3. The van der Waals surface area contributed by atoms with E-state index in [2.05, 4.69) is 15.9 Å². The van der Waals surface area contributed by atoms with Crippen LogP contribution in [-0.2, 0) is 0 Å². The molecule has 1 saturated heterocycles. The minimum absolute atomic E-state index is 0.0887. The summed E-state index contributed by atoms with van der Waals surface area (Å²) in [5.74, 6) is -0.747. The molecule has 1 fully saturated rings. The standard InChI is InChI=1S/C12H12BrClFNO/c13-8-3-2-6-16(7-8)12(17)9-4-1-5-10(15)11(9)14/h1,4-5,8H,2-3,6-7H2. The van der Waals surface area contributed by atoms with Gasteiger partial charge in [0, 0.05) is 17.9 Å². The molecule has 0 saturated carbocycles. The second kappa shape index (κ2) is 5.36. The monoisotopic (exact) mass is 319 g/mol. The Hall–Kier alpha value is -0.610. The van der Waals surface area contributed by atoms with Crippen LogP contribution in [0, 0.1) is 5.82 Å². The summed E-state index contributed by atoms with van der Waals surface area (Å²) in [6.07, 6.45) is 2.01. The fraction of sp³-hybridized carbons (Fsp3) is 0.417. The van der Waals surface area contributed by atoms with E-state index in [4.69, 9.17) is 11.6 Å². The molecule has 5 heteroatoms. The maximum atomic E-state index is 13.3. The van der Waals surface area contributed by atoms with Crippen molar-refractivity contribution in [2.75, 3.05) is 13.1 Å². The summed E-state index contributed by atoms with van der Waals surface area (Å²) in [7, 11) is 0. The van der Waals surface area contributed by atoms with Gasteiger partial charge in [0.25, 0.3) is 5.91 Å². The highest BCUT2D eigenvalue weighted by molar-refractivity contribution is 9.09. The lowest BCUT2D eigenvalue weighted by molar-refractivity contribution is 0.0729. The Labute approximate surface area is 113 Å². The van der Waals surface area contributed by atoms with Crippen LogP contribution in [0.4, 0.5) is 4.39 Å². The molecule has 1 heterocycles. The average molecular weight is 321 g/mol. The highest BCUT2D eigenvalue weighted by atomic mass is 79.9. The summed E-state index contributed by atoms with van der Waals surface area (Å²) in [5, 5.41) is -0.0887. The third-order valence-electron chi connectivity index (χ3n) is 2.83. The molecular weight excluding hydrogens is 308 g/mol. The van der Waals surface area contributed by atoms with Crippen LogP contribution in [0.2, 0.25) is 5.02 Å². The number of carbonyl (C=O) groups excluding carboxylic acids is 1. The first-order valence-electron chi connectivity index (χ1n) is 5.47. The van der Waals surface area contributed by atoms with E-state index in [0.29, 0.717) is 17.9 Å². The molecular formula is C12H12BrClFNO. The second-order valence-electron chi connectivity index (χ2n) is 4.09. The summed E-state index contributed by atoms with van der Waals surface area (Å²) in [6, 6.07) is 4.32. The molecule has 1 atom stereocenters. The number of alkyl halides is 1. The van der Waals surface area contributed by atoms with Crippen LogP contribution in [0.25, 0.3) is 0 Å². The number of likely N-dealkylation sites (tertiary alicyclic amines) is 1. The van der Waals surface area contributed by atoms with Crippen molar-refractivity contribution < 1.29 is 9.18 Å². The lowest BCUT2D eigenvalue weighted by Crippen LogP contribution is -2.40. The highest BCUT2D eigenvalue weighted by Gasteiger charge is 2.24. The fourth-order valence-corrected chi connectivity index (χ4v) is 2.83. The number of halogens is 3. The minimum atomic E-state index is -0.551. The van der Waals surface area contributed by atoms with Gasteiger partial charge in [0.1, 0.15) is 5.82 Å². The first-order chi connectivity index (χ1) is 8.09. The van der Waals surface area contributed by atoms with Crippen LogP contribution in [0.3, 0.4) is 0 Å². The Morgan fingerprint density at radius 1 is 1.53 bits per heavy atom. The van der Waals surface area contributed by atoms with Crippen molar-refractivity contribution in [2.45, 2.75) is 17.7 Å². The Bertz CT molecular complexity index is 441. The molecule has 0 aromatic heterocycles. The lowest BCUT2D eigenvalue weighted by atomic mass is 10.1. The lowest BCUT2D eigenvalue weighted by Gasteiger charge is -2.30. The van der Waals surface area contributed by atoms with Gasteiger partial charge < -0.3 is 4.90 Å². The molecule has 2 rings (SSSR count). The van der Waals surface area contributed by atoms with E-state index in [1.165, 1.54) is 12.1 Å². The summed E-state index contributed by atoms with van der Waals surface area (Å²) in [4.78, 5) is 14.2. The van der Waals surface area contributed by atoms with Crippen LogP contribution < -0.4 is 0 Å². The van der Waals surface area contributed by atoms with Crippen molar-refractivity contribution in [1.29, 1.82) is 0 Å². The van der Waals surface area contributed by atoms with E-state index in [9.17, 15) is 9.18 Å². The number of benzene rings is 1. The number of nitrogens with zero attached hydrogens (tertiary/aromatic N) is 1. The molecule has 1 aromatic rings. The van der Waals surface area contributed by atoms with Gasteiger partial charge in [-0.3, -0.25) is 4.79 Å². The summed E-state index contributed by atoms with van der Waals surface area (Å²) >= 11 is 9.31. The van der Waals surface area contributed by atoms with Crippen molar-refractivity contribution in [3.05, 3.63) is 34.6 Å². The van der Waals surface area contributed by atoms with E-state index in [1.807, 2.05) is 0 Å². The Kier molecular flexibility index (Phi) is 4.05. The van der Waals surface area contributed by atoms with Crippen LogP contribution in [0.15, 0.2) is 18.2 Å². The van der Waals surface area contributed by atoms with Crippen LogP contribution in [0.1, 0.15) is 23.2 Å². The Balaban J connectivity index is 2.22. The molecule has 92 valence electrons. The van der Waals surface area contributed by atoms with Crippen LogP contribution in [0.5, 0.6) is 0 Å². The Morgan fingerprint density at radius 2 is 2.29 bits per heavy atom. The minimum Gasteiger partial charge on any atom is -0.337 e. The van der Waals surface area contributed by atoms with Gasteiger partial charge in [0.15, 0.2) is 0 Å². The van der Waals surface area contributed by atoms with Crippen molar-refractivity contribution in [2.24, 2.45) is 0 Å². The fourth-order valence-electron chi connectivity index (χ4n) is 1.95. The molecule has 1 aromatic carbocycles. The smallest absolute Gasteiger partial charge is 0.255 e. The van der Waals surface area contributed by atoms with Gasteiger partial charge in [-0.05, 0) is 25.0 Å².